The molecule has 2 amide bonds. The summed E-state index contributed by atoms with van der Waals surface area (Å²) in [6.45, 7) is 10.4. The number of carbonyl (C=O) groups excluding carboxylic acids is 3. The number of fused-ring (bicyclic) bond motifs is 2. The van der Waals surface area contributed by atoms with Crippen LogP contribution in [0.4, 0.5) is 20.6 Å². The second-order valence-corrected chi connectivity index (χ2v) is 10.8. The average Bonchev–Trinajstić information content (AvgIpc) is 3.40. The number of H-pyrrole nitrogens is 1. The van der Waals surface area contributed by atoms with Crippen LogP contribution >= 0.6 is 0 Å². The van der Waals surface area contributed by atoms with Gasteiger partial charge in [0, 0.05) is 30.7 Å². The van der Waals surface area contributed by atoms with Crippen LogP contribution in [0.3, 0.4) is 0 Å². The van der Waals surface area contributed by atoms with E-state index in [0.717, 1.165) is 23.8 Å². The van der Waals surface area contributed by atoms with Gasteiger partial charge in [-0.3, -0.25) is 14.4 Å². The third kappa shape index (κ3) is 6.30. The van der Waals surface area contributed by atoms with Crippen molar-refractivity contribution in [2.75, 3.05) is 36.7 Å². The molecule has 3 heterocycles. The second-order valence-electron chi connectivity index (χ2n) is 10.8. The number of amides is 2. The van der Waals surface area contributed by atoms with Crippen LogP contribution in [0.1, 0.15) is 70.7 Å². The molecule has 0 saturated heterocycles. The minimum atomic E-state index is -1.28. The molecule has 232 valence electrons. The van der Waals surface area contributed by atoms with Gasteiger partial charge in [-0.25, -0.2) is 9.18 Å². The predicted molar refractivity (Wildman–Crippen MR) is 164 cm³/mol. The Morgan fingerprint density at radius 1 is 1.18 bits per heavy atom. The van der Waals surface area contributed by atoms with Gasteiger partial charge in [0.15, 0.2) is 6.10 Å². The van der Waals surface area contributed by atoms with E-state index in [2.05, 4.69) is 39.5 Å². The lowest BCUT2D eigenvalue weighted by Gasteiger charge is -2.24. The van der Waals surface area contributed by atoms with Crippen molar-refractivity contribution in [1.82, 2.24) is 15.2 Å². The third-order valence-electron chi connectivity index (χ3n) is 8.10. The Morgan fingerprint density at radius 2 is 1.95 bits per heavy atom. The molecule has 44 heavy (non-hydrogen) atoms. The van der Waals surface area contributed by atoms with E-state index in [1.807, 2.05) is 12.1 Å². The van der Waals surface area contributed by atoms with E-state index in [1.165, 1.54) is 18.2 Å². The molecule has 5 rings (SSSR count). The van der Waals surface area contributed by atoms with Gasteiger partial charge in [-0.05, 0) is 80.7 Å². The lowest BCUT2D eigenvalue weighted by Crippen LogP contribution is -2.35. The Morgan fingerprint density at radius 3 is 2.73 bits per heavy atom. The van der Waals surface area contributed by atoms with E-state index < -0.39 is 29.9 Å². The van der Waals surface area contributed by atoms with Crippen molar-refractivity contribution < 1.29 is 28.3 Å². The van der Waals surface area contributed by atoms with Crippen molar-refractivity contribution in [3.8, 4) is 0 Å². The van der Waals surface area contributed by atoms with Crippen molar-refractivity contribution in [1.29, 1.82) is 0 Å². The number of hydrazone groups is 1. The number of aryl methyl sites for hydroxylation is 2. The Hall–Kier alpha value is -4.71. The molecule has 0 saturated carbocycles. The molecule has 12 heteroatoms. The van der Waals surface area contributed by atoms with E-state index in [4.69, 9.17) is 9.57 Å². The Labute approximate surface area is 255 Å². The summed E-state index contributed by atoms with van der Waals surface area (Å²) >= 11 is 0. The predicted octanol–water partition coefficient (Wildman–Crippen LogP) is 5.13. The van der Waals surface area contributed by atoms with Crippen LogP contribution < -0.4 is 15.8 Å². The highest BCUT2D eigenvalue weighted by Crippen LogP contribution is 2.44. The SMILES string of the molecule is CCN(CC)CCNC(=O)c1c(C)[nH]c(C(OC(=O)ON2N=CCCc3ccccc32)C2C(=O)Nc3ccc(F)cc32)c1C. The van der Waals surface area contributed by atoms with Crippen molar-refractivity contribution >= 4 is 35.6 Å². The molecule has 2 aromatic carbocycles. The van der Waals surface area contributed by atoms with Gasteiger partial charge in [0.1, 0.15) is 17.4 Å². The normalized spacial score (nSPS) is 16.2. The number of halogens is 1. The van der Waals surface area contributed by atoms with E-state index in [0.29, 0.717) is 65.4 Å². The summed E-state index contributed by atoms with van der Waals surface area (Å²) in [5, 5.41) is 11.0. The van der Waals surface area contributed by atoms with Crippen LogP contribution in [0.2, 0.25) is 0 Å². The molecule has 2 unspecified atom stereocenters. The maximum absolute atomic E-state index is 14.4. The number of benzene rings is 2. The van der Waals surface area contributed by atoms with Crippen LogP contribution in [0.15, 0.2) is 47.6 Å². The molecule has 11 nitrogen and oxygen atoms in total. The van der Waals surface area contributed by atoms with Gasteiger partial charge < -0.3 is 25.3 Å². The lowest BCUT2D eigenvalue weighted by molar-refractivity contribution is -0.120. The summed E-state index contributed by atoms with van der Waals surface area (Å²) in [5.41, 5.74) is 3.97. The molecule has 2 aliphatic heterocycles. The van der Waals surface area contributed by atoms with E-state index in [1.54, 1.807) is 32.2 Å². The fraction of sp³-hybridized carbons (Fsp3) is 0.375. The zero-order valence-corrected chi connectivity index (χ0v) is 25.3. The highest BCUT2D eigenvalue weighted by atomic mass is 19.1. The summed E-state index contributed by atoms with van der Waals surface area (Å²) in [6.07, 6.45) is 0.589. The second kappa shape index (κ2) is 13.3. The fourth-order valence-corrected chi connectivity index (χ4v) is 5.80. The Balaban J connectivity index is 1.46. The van der Waals surface area contributed by atoms with Crippen LogP contribution in [0.25, 0.3) is 0 Å². The zero-order chi connectivity index (χ0) is 31.4. The van der Waals surface area contributed by atoms with Crippen LogP contribution in [-0.2, 0) is 20.8 Å². The number of aromatic amines is 1. The number of para-hydroxylation sites is 1. The summed E-state index contributed by atoms with van der Waals surface area (Å²) in [4.78, 5) is 51.0. The third-order valence-corrected chi connectivity index (χ3v) is 8.10. The maximum atomic E-state index is 14.4. The first-order valence-electron chi connectivity index (χ1n) is 14.8. The summed E-state index contributed by atoms with van der Waals surface area (Å²) < 4.78 is 20.3. The van der Waals surface area contributed by atoms with Crippen LogP contribution in [0, 0.1) is 19.7 Å². The fourth-order valence-electron chi connectivity index (χ4n) is 5.80. The molecule has 2 aliphatic rings. The van der Waals surface area contributed by atoms with Crippen molar-refractivity contribution in [2.45, 2.75) is 52.6 Å². The molecule has 1 aromatic heterocycles. The van der Waals surface area contributed by atoms with Crippen molar-refractivity contribution in [2.24, 2.45) is 5.10 Å². The zero-order valence-electron chi connectivity index (χ0n) is 25.3. The molecule has 0 aliphatic carbocycles. The number of anilines is 2. The van der Waals surface area contributed by atoms with E-state index in [-0.39, 0.29) is 5.91 Å². The van der Waals surface area contributed by atoms with E-state index >= 15 is 0 Å². The molecule has 2 atom stereocenters. The van der Waals surface area contributed by atoms with Gasteiger partial charge in [0.2, 0.25) is 5.91 Å². The quantitative estimate of drug-likeness (QED) is 0.274. The molecular formula is C32H37FN6O5. The van der Waals surface area contributed by atoms with Gasteiger partial charge in [0.25, 0.3) is 5.91 Å². The Bertz CT molecular complexity index is 1580. The van der Waals surface area contributed by atoms with Gasteiger partial charge in [0.05, 0.1) is 11.3 Å². The monoisotopic (exact) mass is 604 g/mol. The van der Waals surface area contributed by atoms with E-state index in [9.17, 15) is 18.8 Å². The summed E-state index contributed by atoms with van der Waals surface area (Å²) in [7, 11) is 0. The van der Waals surface area contributed by atoms with Gasteiger partial charge >= 0.3 is 6.16 Å². The summed E-state index contributed by atoms with van der Waals surface area (Å²) in [6, 6.07) is 11.3. The van der Waals surface area contributed by atoms with Gasteiger partial charge in [-0.15, -0.1) is 5.10 Å². The number of hydrogen-bond donors (Lipinski definition) is 3. The number of aromatic nitrogens is 1. The molecule has 0 bridgehead atoms. The summed E-state index contributed by atoms with van der Waals surface area (Å²) in [5.74, 6) is -2.45. The number of carbonyl (C=O) groups is 3. The topological polar surface area (TPSA) is 128 Å². The first-order valence-corrected chi connectivity index (χ1v) is 14.8. The maximum Gasteiger partial charge on any atom is 0.535 e. The lowest BCUT2D eigenvalue weighted by atomic mass is 9.90. The van der Waals surface area contributed by atoms with Crippen molar-refractivity contribution in [3.05, 3.63) is 81.9 Å². The highest BCUT2D eigenvalue weighted by Gasteiger charge is 2.43. The number of hydrogen-bond acceptors (Lipinski definition) is 8. The number of ether oxygens (including phenoxy) is 1. The first-order chi connectivity index (χ1) is 21.2. The number of nitrogens with zero attached hydrogens (tertiary/aromatic N) is 3. The molecule has 3 N–H and O–H groups in total. The number of rotatable bonds is 10. The average molecular weight is 605 g/mol. The van der Waals surface area contributed by atoms with Crippen LogP contribution in [-0.4, -0.2) is 60.2 Å². The minimum absolute atomic E-state index is 0.297. The highest BCUT2D eigenvalue weighted by molar-refractivity contribution is 6.04. The number of nitrogens with one attached hydrogen (secondary N) is 3. The molecule has 0 radical (unpaired) electrons. The molecular weight excluding hydrogens is 567 g/mol. The largest absolute Gasteiger partial charge is 0.535 e. The Kier molecular flexibility index (Phi) is 9.29. The molecule has 0 spiro atoms. The first kappa shape index (κ1) is 30.7. The molecule has 3 aromatic rings. The smallest absolute Gasteiger partial charge is 0.422 e. The number of likely N-dealkylation sites (N-methyl/N-ethyl adjacent to an activating group) is 1. The van der Waals surface area contributed by atoms with Gasteiger partial charge in [-0.2, -0.15) is 0 Å². The minimum Gasteiger partial charge on any atom is -0.422 e. The standard InChI is InChI=1S/C32H37FN6O5/c1-5-38(6-2)17-16-34-30(40)26-19(3)28(36-20(26)4)29(27-23-18-22(33)13-14-24(23)37-31(27)41)43-32(42)44-39-25-12-8-7-10-21(25)11-9-15-35-39/h7-8,10,12-15,18,27,29,36H,5-6,9,11,16-17H2,1-4H3,(H,34,40)(H,37,41). The van der Waals surface area contributed by atoms with Crippen molar-refractivity contribution in [3.63, 3.8) is 0 Å². The van der Waals surface area contributed by atoms with Gasteiger partial charge in [-0.1, -0.05) is 37.2 Å². The molecule has 0 fully saturated rings. The van der Waals surface area contributed by atoms with Crippen LogP contribution in [0.5, 0.6) is 0 Å².